The number of likely N-dealkylation sites (tertiary alicyclic amines) is 1. The number of hydrogen-bond acceptors (Lipinski definition) is 3. The van der Waals surface area contributed by atoms with Crippen LogP contribution < -0.4 is 10.6 Å². The highest BCUT2D eigenvalue weighted by Crippen LogP contribution is 2.23. The number of carbonyl (C=O) groups is 1. The third kappa shape index (κ3) is 4.23. The quantitative estimate of drug-likeness (QED) is 0.812. The number of rotatable bonds is 5. The van der Waals surface area contributed by atoms with Crippen LogP contribution in [-0.4, -0.2) is 48.6 Å². The van der Waals surface area contributed by atoms with E-state index in [2.05, 4.69) is 29.4 Å². The van der Waals surface area contributed by atoms with Crippen LogP contribution in [0.3, 0.4) is 0 Å². The van der Waals surface area contributed by atoms with Gasteiger partial charge < -0.3 is 10.6 Å². The normalized spacial score (nSPS) is 29.6. The van der Waals surface area contributed by atoms with Crippen molar-refractivity contribution in [3.8, 4) is 0 Å². The van der Waals surface area contributed by atoms with Crippen molar-refractivity contribution in [2.75, 3.05) is 26.2 Å². The van der Waals surface area contributed by atoms with Crippen LogP contribution in [0.4, 0.5) is 0 Å². The van der Waals surface area contributed by atoms with E-state index in [0.29, 0.717) is 6.04 Å². The Morgan fingerprint density at radius 3 is 2.65 bits per heavy atom. The van der Waals surface area contributed by atoms with Crippen LogP contribution in [0.15, 0.2) is 0 Å². The van der Waals surface area contributed by atoms with Crippen LogP contribution >= 0.6 is 24.8 Å². The number of carbonyl (C=O) groups excluding carboxylic acids is 1. The second-order valence-electron chi connectivity index (χ2n) is 5.60. The predicted molar refractivity (Wildman–Crippen MR) is 88.0 cm³/mol. The molecule has 0 spiro atoms. The van der Waals surface area contributed by atoms with Crippen molar-refractivity contribution in [2.45, 2.75) is 57.5 Å². The van der Waals surface area contributed by atoms with Crippen LogP contribution in [0.2, 0.25) is 0 Å². The molecule has 4 nitrogen and oxygen atoms in total. The Morgan fingerprint density at radius 2 is 2.10 bits per heavy atom. The second kappa shape index (κ2) is 9.08. The zero-order valence-corrected chi connectivity index (χ0v) is 14.2. The van der Waals surface area contributed by atoms with E-state index in [0.717, 1.165) is 38.9 Å². The Hall–Kier alpha value is -0.0300. The summed E-state index contributed by atoms with van der Waals surface area (Å²) in [6.07, 6.45) is 5.48. The molecule has 2 rings (SSSR count). The summed E-state index contributed by atoms with van der Waals surface area (Å²) < 4.78 is 0. The standard InChI is InChI=1S/C14H27N3O.2ClH/c1-3-14(8-6-9-16-14)13(18)15-11-12-7-5-10-17(12)4-2;;/h12,16H,3-11H2,1-2H3,(H,15,18);2*1H. The minimum Gasteiger partial charge on any atom is -0.353 e. The van der Waals surface area contributed by atoms with Gasteiger partial charge in [0.1, 0.15) is 0 Å². The van der Waals surface area contributed by atoms with E-state index in [1.165, 1.54) is 19.4 Å². The zero-order chi connectivity index (χ0) is 13.0. The SMILES string of the molecule is CCN1CCCC1CNC(=O)C1(CC)CCCN1.Cl.Cl. The summed E-state index contributed by atoms with van der Waals surface area (Å²) in [6.45, 7) is 8.38. The van der Waals surface area contributed by atoms with Gasteiger partial charge in [0.05, 0.1) is 5.54 Å². The van der Waals surface area contributed by atoms with E-state index < -0.39 is 0 Å². The molecule has 2 aliphatic rings. The fourth-order valence-electron chi connectivity index (χ4n) is 3.38. The summed E-state index contributed by atoms with van der Waals surface area (Å²) >= 11 is 0. The average molecular weight is 326 g/mol. The summed E-state index contributed by atoms with van der Waals surface area (Å²) in [7, 11) is 0. The topological polar surface area (TPSA) is 44.4 Å². The Morgan fingerprint density at radius 1 is 1.35 bits per heavy atom. The van der Waals surface area contributed by atoms with Gasteiger partial charge in [0.2, 0.25) is 5.91 Å². The molecule has 0 aromatic heterocycles. The summed E-state index contributed by atoms with van der Waals surface area (Å²) in [5, 5.41) is 6.57. The number of halogens is 2. The largest absolute Gasteiger partial charge is 0.353 e. The van der Waals surface area contributed by atoms with E-state index >= 15 is 0 Å². The smallest absolute Gasteiger partial charge is 0.240 e. The molecule has 0 aromatic carbocycles. The van der Waals surface area contributed by atoms with Crippen molar-refractivity contribution in [1.82, 2.24) is 15.5 Å². The van der Waals surface area contributed by atoms with Gasteiger partial charge in [-0.2, -0.15) is 0 Å². The minimum absolute atomic E-state index is 0. The molecule has 2 atom stereocenters. The first-order valence-corrected chi connectivity index (χ1v) is 7.49. The lowest BCUT2D eigenvalue weighted by atomic mass is 9.93. The van der Waals surface area contributed by atoms with Gasteiger partial charge in [-0.05, 0) is 51.7 Å². The molecule has 0 aromatic rings. The summed E-state index contributed by atoms with van der Waals surface area (Å²) in [4.78, 5) is 14.8. The Balaban J connectivity index is 0.00000180. The maximum atomic E-state index is 12.4. The van der Waals surface area contributed by atoms with E-state index in [1.807, 2.05) is 0 Å². The lowest BCUT2D eigenvalue weighted by molar-refractivity contribution is -0.127. The summed E-state index contributed by atoms with van der Waals surface area (Å²) in [5.74, 6) is 0.213. The molecule has 2 fully saturated rings. The molecule has 0 saturated carbocycles. The Bertz CT molecular complexity index is 296. The molecule has 1 amide bonds. The minimum atomic E-state index is -0.282. The van der Waals surface area contributed by atoms with Crippen molar-refractivity contribution < 1.29 is 4.79 Å². The molecule has 2 N–H and O–H groups in total. The van der Waals surface area contributed by atoms with Gasteiger partial charge in [-0.25, -0.2) is 0 Å². The maximum Gasteiger partial charge on any atom is 0.240 e. The van der Waals surface area contributed by atoms with Crippen LogP contribution in [-0.2, 0) is 4.79 Å². The number of likely N-dealkylation sites (N-methyl/N-ethyl adjacent to an activating group) is 1. The lowest BCUT2D eigenvalue weighted by Crippen LogP contribution is -2.55. The fraction of sp³-hybridized carbons (Fsp3) is 0.929. The van der Waals surface area contributed by atoms with Crippen LogP contribution in [0.5, 0.6) is 0 Å². The maximum absolute atomic E-state index is 12.4. The third-order valence-corrected chi connectivity index (χ3v) is 4.69. The monoisotopic (exact) mass is 325 g/mol. The fourth-order valence-corrected chi connectivity index (χ4v) is 3.38. The molecule has 6 heteroatoms. The number of nitrogens with one attached hydrogen (secondary N) is 2. The van der Waals surface area contributed by atoms with E-state index in [4.69, 9.17) is 0 Å². The molecule has 2 aliphatic heterocycles. The van der Waals surface area contributed by atoms with Crippen LogP contribution in [0, 0.1) is 0 Å². The van der Waals surface area contributed by atoms with Crippen molar-refractivity contribution in [2.24, 2.45) is 0 Å². The van der Waals surface area contributed by atoms with Crippen molar-refractivity contribution >= 4 is 30.7 Å². The molecule has 20 heavy (non-hydrogen) atoms. The predicted octanol–water partition coefficient (Wildman–Crippen LogP) is 1.96. The first kappa shape index (κ1) is 20.0. The number of amides is 1. The van der Waals surface area contributed by atoms with E-state index in [9.17, 15) is 4.79 Å². The van der Waals surface area contributed by atoms with Crippen molar-refractivity contribution in [1.29, 1.82) is 0 Å². The molecule has 120 valence electrons. The number of hydrogen-bond donors (Lipinski definition) is 2. The number of nitrogens with zero attached hydrogens (tertiary/aromatic N) is 1. The van der Waals surface area contributed by atoms with Gasteiger partial charge in [0.25, 0.3) is 0 Å². The molecular formula is C14H29Cl2N3O. The molecule has 2 unspecified atom stereocenters. The summed E-state index contributed by atoms with van der Waals surface area (Å²) in [6, 6.07) is 0.550. The van der Waals surface area contributed by atoms with Gasteiger partial charge in [-0.3, -0.25) is 9.69 Å². The molecule has 0 bridgehead atoms. The highest BCUT2D eigenvalue weighted by Gasteiger charge is 2.39. The van der Waals surface area contributed by atoms with E-state index in [1.54, 1.807) is 0 Å². The van der Waals surface area contributed by atoms with Crippen LogP contribution in [0.1, 0.15) is 46.0 Å². The summed E-state index contributed by atoms with van der Waals surface area (Å²) in [5.41, 5.74) is -0.282. The first-order chi connectivity index (χ1) is 8.72. The third-order valence-electron chi connectivity index (χ3n) is 4.69. The highest BCUT2D eigenvalue weighted by molar-refractivity contribution is 5.86. The van der Waals surface area contributed by atoms with Crippen molar-refractivity contribution in [3.05, 3.63) is 0 Å². The van der Waals surface area contributed by atoms with Gasteiger partial charge in [0.15, 0.2) is 0 Å². The zero-order valence-electron chi connectivity index (χ0n) is 12.6. The second-order valence-corrected chi connectivity index (χ2v) is 5.60. The van der Waals surface area contributed by atoms with Gasteiger partial charge >= 0.3 is 0 Å². The molecular weight excluding hydrogens is 297 g/mol. The van der Waals surface area contributed by atoms with Crippen molar-refractivity contribution in [3.63, 3.8) is 0 Å². The highest BCUT2D eigenvalue weighted by atomic mass is 35.5. The molecule has 0 radical (unpaired) electrons. The van der Waals surface area contributed by atoms with Gasteiger partial charge in [0, 0.05) is 12.6 Å². The lowest BCUT2D eigenvalue weighted by Gasteiger charge is -2.29. The van der Waals surface area contributed by atoms with Crippen LogP contribution in [0.25, 0.3) is 0 Å². The van der Waals surface area contributed by atoms with Gasteiger partial charge in [-0.1, -0.05) is 13.8 Å². The molecule has 0 aliphatic carbocycles. The first-order valence-electron chi connectivity index (χ1n) is 7.49. The van der Waals surface area contributed by atoms with Gasteiger partial charge in [-0.15, -0.1) is 24.8 Å². The Labute approximate surface area is 135 Å². The molecule has 2 heterocycles. The average Bonchev–Trinajstić information content (AvgIpc) is 3.05. The van der Waals surface area contributed by atoms with E-state index in [-0.39, 0.29) is 36.3 Å². The molecule has 2 saturated heterocycles. The Kier molecular flexibility index (Phi) is 9.07.